The summed E-state index contributed by atoms with van der Waals surface area (Å²) in [6, 6.07) is 0.821. The summed E-state index contributed by atoms with van der Waals surface area (Å²) < 4.78 is 0. The summed E-state index contributed by atoms with van der Waals surface area (Å²) in [6.45, 7) is 3.20. The summed E-state index contributed by atoms with van der Waals surface area (Å²) in [5.74, 6) is 2.54. The van der Waals surface area contributed by atoms with Crippen molar-refractivity contribution in [1.82, 2.24) is 4.90 Å². The van der Waals surface area contributed by atoms with Gasteiger partial charge in [-0.1, -0.05) is 0 Å². The van der Waals surface area contributed by atoms with Gasteiger partial charge in [0.25, 0.3) is 0 Å². The van der Waals surface area contributed by atoms with Crippen LogP contribution in [0.4, 0.5) is 0 Å². The third kappa shape index (κ3) is 0.766. The Morgan fingerprint density at radius 1 is 1.54 bits per heavy atom. The van der Waals surface area contributed by atoms with Gasteiger partial charge in [-0.05, 0) is 32.7 Å². The average Bonchev–Trinajstić information content (AvgIpc) is 2.12. The highest BCUT2D eigenvalue weighted by Crippen LogP contribution is 2.65. The van der Waals surface area contributed by atoms with Crippen LogP contribution in [0.5, 0.6) is 0 Å². The Hall–Kier alpha value is -0.570. The van der Waals surface area contributed by atoms with E-state index in [1.165, 1.54) is 19.4 Å². The fraction of sp³-hybridized carbons (Fsp3) is 0.900. The molecule has 1 heterocycles. The number of hydrogen-bond donors (Lipinski definition) is 1. The maximum absolute atomic E-state index is 5.67. The second kappa shape index (κ2) is 2.08. The second-order valence-corrected chi connectivity index (χ2v) is 5.06. The zero-order chi connectivity index (χ0) is 9.22. The van der Waals surface area contributed by atoms with Crippen molar-refractivity contribution in [2.24, 2.45) is 22.6 Å². The molecule has 72 valence electrons. The first kappa shape index (κ1) is 7.80. The molecule has 1 aliphatic heterocycles. The smallest absolute Gasteiger partial charge is 0.0912 e. The fourth-order valence-electron chi connectivity index (χ4n) is 3.85. The van der Waals surface area contributed by atoms with Crippen molar-refractivity contribution in [1.29, 1.82) is 0 Å². The Kier molecular flexibility index (Phi) is 1.25. The lowest BCUT2D eigenvalue weighted by Crippen LogP contribution is -2.66. The summed E-state index contributed by atoms with van der Waals surface area (Å²) in [5.41, 5.74) is 5.96. The zero-order valence-electron chi connectivity index (χ0n) is 8.33. The molecular weight excluding hydrogens is 162 g/mol. The van der Waals surface area contributed by atoms with Crippen molar-refractivity contribution in [3.05, 3.63) is 0 Å². The van der Waals surface area contributed by atoms with Crippen LogP contribution in [0.2, 0.25) is 0 Å². The van der Waals surface area contributed by atoms with E-state index in [2.05, 4.69) is 16.9 Å². The average molecular weight is 179 g/mol. The molecule has 3 aliphatic rings. The predicted molar refractivity (Wildman–Crippen MR) is 52.7 cm³/mol. The second-order valence-electron chi connectivity index (χ2n) is 5.06. The van der Waals surface area contributed by atoms with Crippen molar-refractivity contribution in [3.8, 4) is 0 Å². The number of aliphatic imine (C=N–C) groups is 1. The van der Waals surface area contributed by atoms with E-state index in [0.717, 1.165) is 23.7 Å². The van der Waals surface area contributed by atoms with Crippen LogP contribution in [0.25, 0.3) is 0 Å². The Bertz CT molecular complexity index is 282. The minimum atomic E-state index is 0.291. The van der Waals surface area contributed by atoms with Crippen molar-refractivity contribution >= 4 is 5.84 Å². The molecule has 0 spiro atoms. The van der Waals surface area contributed by atoms with E-state index >= 15 is 0 Å². The van der Waals surface area contributed by atoms with Crippen LogP contribution >= 0.6 is 0 Å². The van der Waals surface area contributed by atoms with E-state index in [9.17, 15) is 0 Å². The highest BCUT2D eigenvalue weighted by atomic mass is 15.2. The molecule has 0 aromatic rings. The molecule has 0 bridgehead atoms. The summed E-state index contributed by atoms with van der Waals surface area (Å²) >= 11 is 0. The van der Waals surface area contributed by atoms with Crippen LogP contribution in [0.15, 0.2) is 4.99 Å². The molecule has 0 aromatic carbocycles. The molecule has 3 fully saturated rings. The van der Waals surface area contributed by atoms with E-state index < -0.39 is 0 Å². The number of rotatable bonds is 1. The molecule has 0 radical (unpaired) electrons. The van der Waals surface area contributed by atoms with E-state index in [-0.39, 0.29) is 0 Å². The van der Waals surface area contributed by atoms with Crippen molar-refractivity contribution < 1.29 is 0 Å². The molecule has 1 saturated heterocycles. The van der Waals surface area contributed by atoms with Gasteiger partial charge in [0, 0.05) is 18.5 Å². The van der Waals surface area contributed by atoms with Crippen molar-refractivity contribution in [2.45, 2.75) is 31.3 Å². The quantitative estimate of drug-likeness (QED) is 0.469. The molecule has 4 atom stereocenters. The SMILES string of the molecule is CC(N)=NC12CC3CN(C)C(C1)C32. The van der Waals surface area contributed by atoms with Crippen LogP contribution in [0.1, 0.15) is 19.8 Å². The van der Waals surface area contributed by atoms with Crippen LogP contribution in [0, 0.1) is 11.8 Å². The van der Waals surface area contributed by atoms with Gasteiger partial charge in [0.1, 0.15) is 0 Å². The van der Waals surface area contributed by atoms with Gasteiger partial charge in [0.15, 0.2) is 0 Å². The first-order valence-corrected chi connectivity index (χ1v) is 5.14. The van der Waals surface area contributed by atoms with Gasteiger partial charge in [-0.2, -0.15) is 0 Å². The highest BCUT2D eigenvalue weighted by molar-refractivity contribution is 5.78. The van der Waals surface area contributed by atoms with Crippen LogP contribution in [-0.4, -0.2) is 35.9 Å². The lowest BCUT2D eigenvalue weighted by molar-refractivity contribution is -0.0480. The molecular formula is C10H17N3. The standard InChI is InChI=1S/C10H17N3/c1-6(11)12-10-3-7-5-13(2)8(4-10)9(7)10/h7-9H,3-5H2,1-2H3,(H2,11,12). The van der Waals surface area contributed by atoms with Crippen LogP contribution in [-0.2, 0) is 0 Å². The number of amidine groups is 1. The first-order valence-electron chi connectivity index (χ1n) is 5.14. The summed E-state index contributed by atoms with van der Waals surface area (Å²) in [4.78, 5) is 7.13. The van der Waals surface area contributed by atoms with Gasteiger partial charge in [-0.15, -0.1) is 0 Å². The molecule has 3 rings (SSSR count). The topological polar surface area (TPSA) is 41.6 Å². The fourth-order valence-corrected chi connectivity index (χ4v) is 3.85. The summed E-state index contributed by atoms with van der Waals surface area (Å²) in [5, 5.41) is 0. The number of hydrogen-bond acceptors (Lipinski definition) is 2. The minimum Gasteiger partial charge on any atom is -0.388 e. The number of likely N-dealkylation sites (tertiary alicyclic amines) is 1. The summed E-state index contributed by atoms with van der Waals surface area (Å²) in [6.07, 6.45) is 2.53. The lowest BCUT2D eigenvalue weighted by Gasteiger charge is -2.61. The predicted octanol–water partition coefficient (Wildman–Crippen LogP) is 0.456. The number of nitrogens with zero attached hydrogens (tertiary/aromatic N) is 2. The maximum atomic E-state index is 5.67. The molecule has 2 saturated carbocycles. The van der Waals surface area contributed by atoms with E-state index in [1.807, 2.05) is 6.92 Å². The Labute approximate surface area is 79.0 Å². The van der Waals surface area contributed by atoms with Gasteiger partial charge in [-0.3, -0.25) is 4.99 Å². The third-order valence-electron chi connectivity index (χ3n) is 4.21. The van der Waals surface area contributed by atoms with Crippen molar-refractivity contribution in [2.75, 3.05) is 13.6 Å². The van der Waals surface area contributed by atoms with Gasteiger partial charge in [-0.25, -0.2) is 0 Å². The normalized spacial score (nSPS) is 54.0. The first-order chi connectivity index (χ1) is 6.12. The Morgan fingerprint density at radius 3 is 2.92 bits per heavy atom. The van der Waals surface area contributed by atoms with E-state index in [0.29, 0.717) is 5.54 Å². The van der Waals surface area contributed by atoms with Crippen LogP contribution < -0.4 is 5.73 Å². The largest absolute Gasteiger partial charge is 0.388 e. The number of nitrogens with two attached hydrogens (primary N) is 1. The molecule has 0 amide bonds. The highest BCUT2D eigenvalue weighted by Gasteiger charge is 2.69. The van der Waals surface area contributed by atoms with Gasteiger partial charge >= 0.3 is 0 Å². The molecule has 13 heavy (non-hydrogen) atoms. The molecule has 3 nitrogen and oxygen atoms in total. The van der Waals surface area contributed by atoms with E-state index in [4.69, 9.17) is 5.73 Å². The summed E-state index contributed by atoms with van der Waals surface area (Å²) in [7, 11) is 2.24. The molecule has 0 aromatic heterocycles. The van der Waals surface area contributed by atoms with Gasteiger partial charge in [0.2, 0.25) is 0 Å². The van der Waals surface area contributed by atoms with Gasteiger partial charge < -0.3 is 10.6 Å². The lowest BCUT2D eigenvalue weighted by atomic mass is 9.47. The Balaban J connectivity index is 1.85. The maximum Gasteiger partial charge on any atom is 0.0912 e. The van der Waals surface area contributed by atoms with Crippen molar-refractivity contribution in [3.63, 3.8) is 0 Å². The molecule has 2 N–H and O–H groups in total. The monoisotopic (exact) mass is 179 g/mol. The van der Waals surface area contributed by atoms with E-state index in [1.54, 1.807) is 0 Å². The Morgan fingerprint density at radius 2 is 2.31 bits per heavy atom. The van der Waals surface area contributed by atoms with Gasteiger partial charge in [0.05, 0.1) is 11.4 Å². The molecule has 2 aliphatic carbocycles. The molecule has 3 heteroatoms. The third-order valence-corrected chi connectivity index (χ3v) is 4.21. The van der Waals surface area contributed by atoms with Crippen LogP contribution in [0.3, 0.4) is 0 Å². The minimum absolute atomic E-state index is 0.291. The zero-order valence-corrected chi connectivity index (χ0v) is 8.33. The molecule has 4 unspecified atom stereocenters.